The first kappa shape index (κ1) is 15.2. The van der Waals surface area contributed by atoms with Crippen LogP contribution in [0, 0.1) is 17.2 Å². The lowest BCUT2D eigenvalue weighted by Gasteiger charge is -2.07. The Labute approximate surface area is 133 Å². The molecule has 2 unspecified atom stereocenters. The van der Waals surface area contributed by atoms with Crippen molar-refractivity contribution < 1.29 is 13.2 Å². The van der Waals surface area contributed by atoms with Gasteiger partial charge in [0.1, 0.15) is 0 Å². The Morgan fingerprint density at radius 2 is 2.00 bits per heavy atom. The topological polar surface area (TPSA) is 99.9 Å². The van der Waals surface area contributed by atoms with Gasteiger partial charge in [-0.15, -0.1) is 0 Å². The fraction of sp³-hybridized carbons (Fsp3) is 0.188. The van der Waals surface area contributed by atoms with E-state index >= 15 is 0 Å². The molecule has 1 fully saturated rings. The van der Waals surface area contributed by atoms with Gasteiger partial charge in [0, 0.05) is 18.3 Å². The van der Waals surface area contributed by atoms with E-state index in [1.165, 1.54) is 24.3 Å². The molecule has 0 spiro atoms. The summed E-state index contributed by atoms with van der Waals surface area (Å²) in [5, 5.41) is 8.72. The maximum absolute atomic E-state index is 12.2. The second-order valence-corrected chi connectivity index (χ2v) is 7.02. The summed E-state index contributed by atoms with van der Waals surface area (Å²) in [6.45, 7) is 0. The van der Waals surface area contributed by atoms with E-state index in [0.717, 1.165) is 5.56 Å². The van der Waals surface area contributed by atoms with Gasteiger partial charge in [-0.25, -0.2) is 13.1 Å². The predicted octanol–water partition coefficient (Wildman–Crippen LogP) is 1.56. The van der Waals surface area contributed by atoms with Gasteiger partial charge in [-0.1, -0.05) is 6.07 Å². The van der Waals surface area contributed by atoms with Crippen LogP contribution in [-0.2, 0) is 14.8 Å². The van der Waals surface area contributed by atoms with Crippen molar-refractivity contribution in [2.45, 2.75) is 17.2 Å². The molecule has 6 nitrogen and oxygen atoms in total. The molecule has 0 saturated heterocycles. The number of hydrogen-bond acceptors (Lipinski definition) is 5. The van der Waals surface area contributed by atoms with Gasteiger partial charge in [-0.05, 0) is 48.2 Å². The Balaban J connectivity index is 1.69. The molecule has 0 bridgehead atoms. The minimum Gasteiger partial charge on any atom is -0.274 e. The van der Waals surface area contributed by atoms with Crippen LogP contribution in [0.15, 0.2) is 53.7 Å². The van der Waals surface area contributed by atoms with E-state index < -0.39 is 15.9 Å². The number of carbonyl (C=O) groups excluding carboxylic acids is 1. The third-order valence-electron chi connectivity index (χ3n) is 3.77. The lowest BCUT2D eigenvalue weighted by atomic mass is 10.1. The third kappa shape index (κ3) is 3.22. The van der Waals surface area contributed by atoms with Crippen LogP contribution in [0.4, 0.5) is 0 Å². The van der Waals surface area contributed by atoms with E-state index in [0.29, 0.717) is 12.0 Å². The summed E-state index contributed by atoms with van der Waals surface area (Å²) in [5.74, 6) is -0.851. The molecule has 1 aliphatic rings. The van der Waals surface area contributed by atoms with Gasteiger partial charge >= 0.3 is 0 Å². The fourth-order valence-corrected chi connectivity index (χ4v) is 3.45. The Morgan fingerprint density at radius 1 is 1.26 bits per heavy atom. The van der Waals surface area contributed by atoms with Crippen molar-refractivity contribution in [3.63, 3.8) is 0 Å². The number of carbonyl (C=O) groups is 1. The second-order valence-electron chi connectivity index (χ2n) is 5.34. The summed E-state index contributed by atoms with van der Waals surface area (Å²) in [4.78, 5) is 16.1. The van der Waals surface area contributed by atoms with Gasteiger partial charge in [0.15, 0.2) is 0 Å². The second kappa shape index (κ2) is 5.82. The lowest BCUT2D eigenvalue weighted by molar-refractivity contribution is -0.120. The zero-order valence-electron chi connectivity index (χ0n) is 12.0. The van der Waals surface area contributed by atoms with Crippen molar-refractivity contribution in [2.24, 2.45) is 5.92 Å². The Kier molecular flexibility index (Phi) is 3.84. The maximum Gasteiger partial charge on any atom is 0.264 e. The first-order valence-electron chi connectivity index (χ1n) is 6.98. The monoisotopic (exact) mass is 327 g/mol. The highest BCUT2D eigenvalue weighted by molar-refractivity contribution is 7.90. The summed E-state index contributed by atoms with van der Waals surface area (Å²) in [6, 6.07) is 11.0. The standard InChI is InChI=1S/C16H13N3O3S/c17-9-11-3-5-13(6-4-11)23(21,22)19-16(20)15-8-14(15)12-2-1-7-18-10-12/h1-7,10,14-15H,8H2,(H,19,20). The minimum atomic E-state index is -3.92. The number of pyridine rings is 1. The smallest absolute Gasteiger partial charge is 0.264 e. The molecule has 2 aromatic rings. The van der Waals surface area contributed by atoms with E-state index in [1.807, 2.05) is 12.1 Å². The molecule has 1 amide bonds. The molecule has 0 aliphatic heterocycles. The van der Waals surface area contributed by atoms with Crippen LogP contribution in [0.3, 0.4) is 0 Å². The van der Waals surface area contributed by atoms with Gasteiger partial charge in [0.2, 0.25) is 5.91 Å². The number of aromatic nitrogens is 1. The zero-order valence-corrected chi connectivity index (χ0v) is 12.8. The number of nitriles is 1. The first-order chi connectivity index (χ1) is 11.0. The van der Waals surface area contributed by atoms with Crippen LogP contribution in [-0.4, -0.2) is 19.3 Å². The molecule has 1 aromatic carbocycles. The van der Waals surface area contributed by atoms with Crippen molar-refractivity contribution in [3.8, 4) is 6.07 Å². The number of hydrogen-bond donors (Lipinski definition) is 1. The number of nitrogens with one attached hydrogen (secondary N) is 1. The van der Waals surface area contributed by atoms with Crippen molar-refractivity contribution in [1.29, 1.82) is 5.26 Å². The average molecular weight is 327 g/mol. The number of nitrogens with zero attached hydrogens (tertiary/aromatic N) is 2. The minimum absolute atomic E-state index is 0.0138. The highest BCUT2D eigenvalue weighted by atomic mass is 32.2. The molecule has 1 aliphatic carbocycles. The summed E-state index contributed by atoms with van der Waals surface area (Å²) in [7, 11) is -3.92. The first-order valence-corrected chi connectivity index (χ1v) is 8.46. The van der Waals surface area contributed by atoms with Crippen LogP contribution in [0.1, 0.15) is 23.5 Å². The van der Waals surface area contributed by atoms with Crippen molar-refractivity contribution >= 4 is 15.9 Å². The Hall–Kier alpha value is -2.72. The highest BCUT2D eigenvalue weighted by Gasteiger charge is 2.45. The Bertz CT molecular complexity index is 871. The number of rotatable bonds is 4. The van der Waals surface area contributed by atoms with E-state index in [4.69, 9.17) is 5.26 Å². The summed E-state index contributed by atoms with van der Waals surface area (Å²) >= 11 is 0. The molecule has 3 rings (SSSR count). The fourth-order valence-electron chi connectivity index (χ4n) is 2.42. The molecule has 116 valence electrons. The van der Waals surface area contributed by atoms with Gasteiger partial charge < -0.3 is 0 Å². The largest absolute Gasteiger partial charge is 0.274 e. The molecule has 23 heavy (non-hydrogen) atoms. The normalized spacial score (nSPS) is 19.6. The van der Waals surface area contributed by atoms with E-state index in [2.05, 4.69) is 9.71 Å². The Morgan fingerprint density at radius 3 is 2.61 bits per heavy atom. The maximum atomic E-state index is 12.2. The lowest BCUT2D eigenvalue weighted by Crippen LogP contribution is -2.32. The van der Waals surface area contributed by atoms with Gasteiger partial charge in [-0.2, -0.15) is 5.26 Å². The predicted molar refractivity (Wildman–Crippen MR) is 81.6 cm³/mol. The van der Waals surface area contributed by atoms with Gasteiger partial charge in [-0.3, -0.25) is 9.78 Å². The number of sulfonamides is 1. The highest BCUT2D eigenvalue weighted by Crippen LogP contribution is 2.47. The van der Waals surface area contributed by atoms with Gasteiger partial charge in [0.05, 0.1) is 16.5 Å². The van der Waals surface area contributed by atoms with E-state index in [9.17, 15) is 13.2 Å². The molecule has 1 heterocycles. The molecule has 1 aromatic heterocycles. The van der Waals surface area contributed by atoms with Crippen molar-refractivity contribution in [1.82, 2.24) is 9.71 Å². The zero-order chi connectivity index (χ0) is 16.4. The average Bonchev–Trinajstić information content (AvgIpc) is 3.36. The number of benzene rings is 1. The van der Waals surface area contributed by atoms with Crippen LogP contribution in [0.25, 0.3) is 0 Å². The van der Waals surface area contributed by atoms with Crippen LogP contribution < -0.4 is 4.72 Å². The number of amides is 1. The quantitative estimate of drug-likeness (QED) is 0.918. The van der Waals surface area contributed by atoms with Crippen molar-refractivity contribution in [3.05, 3.63) is 59.9 Å². The van der Waals surface area contributed by atoms with Crippen LogP contribution in [0.5, 0.6) is 0 Å². The van der Waals surface area contributed by atoms with Crippen molar-refractivity contribution in [2.75, 3.05) is 0 Å². The molecular weight excluding hydrogens is 314 g/mol. The van der Waals surface area contributed by atoms with E-state index in [1.54, 1.807) is 18.5 Å². The third-order valence-corrected chi connectivity index (χ3v) is 5.13. The molecular formula is C16H13N3O3S. The van der Waals surface area contributed by atoms with Crippen LogP contribution in [0.2, 0.25) is 0 Å². The molecule has 0 radical (unpaired) electrons. The SMILES string of the molecule is N#Cc1ccc(S(=O)(=O)NC(=O)C2CC2c2cccnc2)cc1. The summed E-state index contributed by atoms with van der Waals surface area (Å²) in [5.41, 5.74) is 1.29. The molecule has 2 atom stereocenters. The van der Waals surface area contributed by atoms with Crippen LogP contribution >= 0.6 is 0 Å². The molecule has 1 saturated carbocycles. The summed E-state index contributed by atoms with van der Waals surface area (Å²) < 4.78 is 26.5. The molecule has 1 N–H and O–H groups in total. The van der Waals surface area contributed by atoms with Gasteiger partial charge in [0.25, 0.3) is 10.0 Å². The van der Waals surface area contributed by atoms with E-state index in [-0.39, 0.29) is 16.7 Å². The molecule has 7 heteroatoms. The summed E-state index contributed by atoms with van der Waals surface area (Å²) in [6.07, 6.45) is 3.95.